The molecule has 1 unspecified atom stereocenters. The molecule has 158 valence electrons. The van der Waals surface area contributed by atoms with Crippen LogP contribution >= 0.6 is 30.6 Å². The van der Waals surface area contributed by atoms with E-state index >= 15 is 0 Å². The predicted octanol–water partition coefficient (Wildman–Crippen LogP) is 5.78. The molecule has 29 heavy (non-hydrogen) atoms. The molecule has 0 spiro atoms. The van der Waals surface area contributed by atoms with Crippen molar-refractivity contribution in [1.82, 2.24) is 4.98 Å². The zero-order chi connectivity index (χ0) is 21.4. The standard InChI is InChI=1S/C19H22Cl2NO6P/c1-4-29(24,5-2)26-12-25-19(23)13(3)27-15-6-8-16(9-7-15)28-18-17(21)10-14(20)11-22-18/h6-11,13H,4-5,12H2,1-3H3. The summed E-state index contributed by atoms with van der Waals surface area (Å²) in [6, 6.07) is 8.06. The van der Waals surface area contributed by atoms with Gasteiger partial charge in [-0.05, 0) is 37.3 Å². The second-order valence-electron chi connectivity index (χ2n) is 5.93. The van der Waals surface area contributed by atoms with Crippen LogP contribution in [0.5, 0.6) is 17.4 Å². The monoisotopic (exact) mass is 461 g/mol. The van der Waals surface area contributed by atoms with Gasteiger partial charge in [0, 0.05) is 18.5 Å². The largest absolute Gasteiger partial charge is 0.479 e. The van der Waals surface area contributed by atoms with Gasteiger partial charge in [0.05, 0.1) is 5.02 Å². The topological polar surface area (TPSA) is 84.0 Å². The minimum atomic E-state index is -2.73. The molecule has 1 atom stereocenters. The lowest BCUT2D eigenvalue weighted by Gasteiger charge is -2.17. The molecule has 0 saturated heterocycles. The molecule has 0 N–H and O–H groups in total. The second kappa shape index (κ2) is 10.8. The molecule has 1 aromatic heterocycles. The first-order chi connectivity index (χ1) is 13.8. The van der Waals surface area contributed by atoms with Crippen molar-refractivity contribution in [2.75, 3.05) is 19.1 Å². The summed E-state index contributed by atoms with van der Waals surface area (Å²) in [7, 11) is -2.73. The van der Waals surface area contributed by atoms with E-state index in [1.54, 1.807) is 45.0 Å². The van der Waals surface area contributed by atoms with Crippen LogP contribution in [0.4, 0.5) is 0 Å². The van der Waals surface area contributed by atoms with E-state index in [0.29, 0.717) is 28.8 Å². The van der Waals surface area contributed by atoms with Gasteiger partial charge in [-0.2, -0.15) is 0 Å². The van der Waals surface area contributed by atoms with Crippen LogP contribution < -0.4 is 9.47 Å². The first kappa shape index (κ1) is 23.5. The summed E-state index contributed by atoms with van der Waals surface area (Å²) in [5.74, 6) is 0.512. The van der Waals surface area contributed by atoms with E-state index in [2.05, 4.69) is 4.98 Å². The highest BCUT2D eigenvalue weighted by atomic mass is 35.5. The molecule has 1 heterocycles. The minimum Gasteiger partial charge on any atom is -0.479 e. The molecule has 7 nitrogen and oxygen atoms in total. The zero-order valence-electron chi connectivity index (χ0n) is 16.3. The highest BCUT2D eigenvalue weighted by Crippen LogP contribution is 2.45. The number of ether oxygens (including phenoxy) is 3. The lowest BCUT2D eigenvalue weighted by molar-refractivity contribution is -0.157. The molecule has 0 aliphatic rings. The Balaban J connectivity index is 1.86. The number of carbonyl (C=O) groups excluding carboxylic acids is 1. The van der Waals surface area contributed by atoms with Gasteiger partial charge < -0.3 is 14.2 Å². The summed E-state index contributed by atoms with van der Waals surface area (Å²) in [5.41, 5.74) is 0. The predicted molar refractivity (Wildman–Crippen MR) is 112 cm³/mol. The molecule has 1 aromatic carbocycles. The van der Waals surface area contributed by atoms with E-state index in [1.807, 2.05) is 0 Å². The first-order valence-electron chi connectivity index (χ1n) is 8.91. The summed E-state index contributed by atoms with van der Waals surface area (Å²) in [5, 5.41) is 0.691. The van der Waals surface area contributed by atoms with Gasteiger partial charge in [-0.1, -0.05) is 37.0 Å². The third-order valence-corrected chi connectivity index (χ3v) is 6.89. The van der Waals surface area contributed by atoms with Gasteiger partial charge in [0.2, 0.25) is 13.2 Å². The Morgan fingerprint density at radius 1 is 1.14 bits per heavy atom. The fraction of sp³-hybridized carbons (Fsp3) is 0.368. The lowest BCUT2D eigenvalue weighted by Crippen LogP contribution is -2.26. The van der Waals surface area contributed by atoms with Crippen LogP contribution in [0.3, 0.4) is 0 Å². The number of pyridine rings is 1. The lowest BCUT2D eigenvalue weighted by atomic mass is 10.3. The molecule has 0 bridgehead atoms. The van der Waals surface area contributed by atoms with Crippen molar-refractivity contribution < 1.29 is 28.1 Å². The Hall–Kier alpha value is -1.79. The highest BCUT2D eigenvalue weighted by molar-refractivity contribution is 7.58. The molecular weight excluding hydrogens is 440 g/mol. The van der Waals surface area contributed by atoms with Crippen LogP contribution in [0, 0.1) is 0 Å². The van der Waals surface area contributed by atoms with Gasteiger partial charge in [0.15, 0.2) is 12.9 Å². The first-order valence-corrected chi connectivity index (χ1v) is 11.7. The Kier molecular flexibility index (Phi) is 8.78. The van der Waals surface area contributed by atoms with Crippen molar-refractivity contribution in [2.24, 2.45) is 0 Å². The van der Waals surface area contributed by atoms with Gasteiger partial charge in [-0.3, -0.25) is 9.09 Å². The number of esters is 1. The molecule has 2 rings (SSSR count). The van der Waals surface area contributed by atoms with E-state index in [4.69, 9.17) is 41.9 Å². The molecule has 0 aliphatic heterocycles. The van der Waals surface area contributed by atoms with Crippen LogP contribution in [-0.4, -0.2) is 36.2 Å². The van der Waals surface area contributed by atoms with Crippen LogP contribution in [0.1, 0.15) is 20.8 Å². The van der Waals surface area contributed by atoms with Crippen molar-refractivity contribution in [3.8, 4) is 17.4 Å². The molecule has 0 radical (unpaired) electrons. The molecule has 0 aliphatic carbocycles. The number of aromatic nitrogens is 1. The van der Waals surface area contributed by atoms with Gasteiger partial charge in [0.1, 0.15) is 16.5 Å². The van der Waals surface area contributed by atoms with Gasteiger partial charge in [-0.15, -0.1) is 0 Å². The third-order valence-electron chi connectivity index (χ3n) is 3.91. The number of rotatable bonds is 10. The highest BCUT2D eigenvalue weighted by Gasteiger charge is 2.21. The van der Waals surface area contributed by atoms with E-state index in [-0.39, 0.29) is 17.7 Å². The average molecular weight is 462 g/mol. The number of benzene rings is 1. The maximum absolute atomic E-state index is 12.1. The molecule has 10 heteroatoms. The molecule has 0 saturated carbocycles. The van der Waals surface area contributed by atoms with Gasteiger partial charge >= 0.3 is 5.97 Å². The van der Waals surface area contributed by atoms with Crippen LogP contribution in [0.25, 0.3) is 0 Å². The normalized spacial score (nSPS) is 12.3. The number of hydrogen-bond donors (Lipinski definition) is 0. The molecular formula is C19H22Cl2NO6P. The summed E-state index contributed by atoms with van der Waals surface area (Å²) in [6.07, 6.45) is 1.33. The fourth-order valence-corrected chi connectivity index (χ4v) is 3.61. The van der Waals surface area contributed by atoms with Gasteiger partial charge in [-0.25, -0.2) is 9.78 Å². The van der Waals surface area contributed by atoms with E-state index in [1.165, 1.54) is 12.3 Å². The van der Waals surface area contributed by atoms with Crippen molar-refractivity contribution in [2.45, 2.75) is 26.9 Å². The molecule has 0 fully saturated rings. The Morgan fingerprint density at radius 2 is 1.76 bits per heavy atom. The minimum absolute atomic E-state index is 0.220. The van der Waals surface area contributed by atoms with Crippen molar-refractivity contribution in [3.63, 3.8) is 0 Å². The fourth-order valence-electron chi connectivity index (χ4n) is 2.13. The summed E-state index contributed by atoms with van der Waals surface area (Å²) >= 11 is 11.8. The Labute approximate surface area is 179 Å². The van der Waals surface area contributed by atoms with Crippen molar-refractivity contribution in [1.29, 1.82) is 0 Å². The van der Waals surface area contributed by atoms with Crippen LogP contribution in [0.2, 0.25) is 10.0 Å². The number of carbonyl (C=O) groups is 1. The number of nitrogens with zero attached hydrogens (tertiary/aromatic N) is 1. The average Bonchev–Trinajstić information content (AvgIpc) is 2.71. The summed E-state index contributed by atoms with van der Waals surface area (Å²) < 4.78 is 33.4. The van der Waals surface area contributed by atoms with E-state index in [0.717, 1.165) is 0 Å². The zero-order valence-corrected chi connectivity index (χ0v) is 18.7. The number of halogens is 2. The van der Waals surface area contributed by atoms with E-state index < -0.39 is 19.4 Å². The second-order valence-corrected chi connectivity index (χ2v) is 9.93. The van der Waals surface area contributed by atoms with Crippen molar-refractivity contribution >= 4 is 36.5 Å². The smallest absolute Gasteiger partial charge is 0.349 e. The third kappa shape index (κ3) is 7.19. The summed E-state index contributed by atoms with van der Waals surface area (Å²) in [4.78, 5) is 16.0. The maximum atomic E-state index is 12.1. The molecule has 0 amide bonds. The van der Waals surface area contributed by atoms with E-state index in [9.17, 15) is 9.36 Å². The quantitative estimate of drug-likeness (QED) is 0.251. The van der Waals surface area contributed by atoms with Crippen molar-refractivity contribution in [3.05, 3.63) is 46.6 Å². The van der Waals surface area contributed by atoms with Crippen LogP contribution in [0.15, 0.2) is 36.5 Å². The SMILES string of the molecule is CCP(=O)(CC)OCOC(=O)C(C)Oc1ccc(Oc2ncc(Cl)cc2Cl)cc1. The van der Waals surface area contributed by atoms with Gasteiger partial charge in [0.25, 0.3) is 0 Å². The maximum Gasteiger partial charge on any atom is 0.349 e. The number of hydrogen-bond acceptors (Lipinski definition) is 7. The molecule has 2 aromatic rings. The van der Waals surface area contributed by atoms with Crippen LogP contribution in [-0.2, 0) is 18.6 Å². The summed E-state index contributed by atoms with van der Waals surface area (Å²) in [6.45, 7) is 4.71. The Bertz CT molecular complexity index is 870. The Morgan fingerprint density at radius 3 is 2.34 bits per heavy atom.